The summed E-state index contributed by atoms with van der Waals surface area (Å²) < 4.78 is 0. The summed E-state index contributed by atoms with van der Waals surface area (Å²) in [5, 5.41) is 5.55. The zero-order valence-electron chi connectivity index (χ0n) is 11.5. The summed E-state index contributed by atoms with van der Waals surface area (Å²) in [5.41, 5.74) is 5.59. The molecule has 0 amide bonds. The van der Waals surface area contributed by atoms with E-state index in [1.165, 1.54) is 43.8 Å². The Morgan fingerprint density at radius 2 is 1.39 bits per heavy atom. The van der Waals surface area contributed by atoms with Crippen LogP contribution in [-0.4, -0.2) is 0 Å². The second kappa shape index (κ2) is 3.84. The number of hydrogen-bond acceptors (Lipinski definition) is 0. The van der Waals surface area contributed by atoms with Gasteiger partial charge in [-0.3, -0.25) is 0 Å². The van der Waals surface area contributed by atoms with Gasteiger partial charge in [0.2, 0.25) is 0 Å². The van der Waals surface area contributed by atoms with Gasteiger partial charge in [0, 0.05) is 0 Å². The molecular formula is C18H18. The van der Waals surface area contributed by atoms with E-state index in [2.05, 4.69) is 64.1 Å². The summed E-state index contributed by atoms with van der Waals surface area (Å²) in [7, 11) is 0. The van der Waals surface area contributed by atoms with Crippen LogP contribution >= 0.6 is 0 Å². The largest absolute Gasteiger partial charge is 0.0616 e. The maximum Gasteiger partial charge on any atom is -0.0114 e. The average molecular weight is 234 g/mol. The minimum atomic E-state index is 1.34. The lowest BCUT2D eigenvalue weighted by molar-refractivity contribution is 1.34. The van der Waals surface area contributed by atoms with Crippen molar-refractivity contribution >= 4 is 21.5 Å². The first-order valence-corrected chi connectivity index (χ1v) is 6.48. The van der Waals surface area contributed by atoms with E-state index < -0.39 is 0 Å². The van der Waals surface area contributed by atoms with Crippen molar-refractivity contribution in [3.8, 4) is 0 Å². The molecule has 0 spiro atoms. The molecule has 0 saturated heterocycles. The van der Waals surface area contributed by atoms with Crippen molar-refractivity contribution in [2.75, 3.05) is 0 Å². The van der Waals surface area contributed by atoms with Crippen LogP contribution in [0.3, 0.4) is 0 Å². The molecule has 0 bridgehead atoms. The highest BCUT2D eigenvalue weighted by Gasteiger charge is 2.09. The number of fused-ring (bicyclic) bond motifs is 2. The Morgan fingerprint density at radius 3 is 2.17 bits per heavy atom. The molecule has 0 unspecified atom stereocenters. The second-order valence-corrected chi connectivity index (χ2v) is 5.28. The van der Waals surface area contributed by atoms with Crippen LogP contribution in [0.25, 0.3) is 21.5 Å². The zero-order chi connectivity index (χ0) is 12.9. The van der Waals surface area contributed by atoms with Crippen molar-refractivity contribution < 1.29 is 0 Å². The molecule has 0 heteroatoms. The molecule has 3 aromatic rings. The zero-order valence-corrected chi connectivity index (χ0v) is 11.5. The Bertz CT molecular complexity index is 764. The minimum absolute atomic E-state index is 1.34. The van der Waals surface area contributed by atoms with Gasteiger partial charge in [-0.05, 0) is 77.6 Å². The van der Waals surface area contributed by atoms with E-state index in [1.807, 2.05) is 0 Å². The fourth-order valence-corrected chi connectivity index (χ4v) is 3.03. The summed E-state index contributed by atoms with van der Waals surface area (Å²) in [6, 6.07) is 13.3. The van der Waals surface area contributed by atoms with Gasteiger partial charge in [-0.1, -0.05) is 30.3 Å². The highest BCUT2D eigenvalue weighted by Crippen LogP contribution is 2.33. The first-order valence-electron chi connectivity index (χ1n) is 6.48. The number of aryl methyl sites for hydroxylation is 4. The average Bonchev–Trinajstić information content (AvgIpc) is 2.36. The van der Waals surface area contributed by atoms with Crippen molar-refractivity contribution in [3.05, 3.63) is 58.7 Å². The molecule has 0 saturated carbocycles. The number of hydrogen-bond donors (Lipinski definition) is 0. The fraction of sp³-hybridized carbons (Fsp3) is 0.222. The van der Waals surface area contributed by atoms with Crippen LogP contribution in [0.2, 0.25) is 0 Å². The normalized spacial score (nSPS) is 11.3. The van der Waals surface area contributed by atoms with Crippen molar-refractivity contribution in [1.82, 2.24) is 0 Å². The molecule has 0 aliphatic rings. The smallest absolute Gasteiger partial charge is 0.0114 e. The van der Waals surface area contributed by atoms with Gasteiger partial charge >= 0.3 is 0 Å². The van der Waals surface area contributed by atoms with Gasteiger partial charge < -0.3 is 0 Å². The maximum absolute atomic E-state index is 2.33. The van der Waals surface area contributed by atoms with Crippen molar-refractivity contribution in [3.63, 3.8) is 0 Å². The van der Waals surface area contributed by atoms with Crippen LogP contribution in [0.15, 0.2) is 36.4 Å². The highest BCUT2D eigenvalue weighted by atomic mass is 14.1. The van der Waals surface area contributed by atoms with E-state index in [-0.39, 0.29) is 0 Å². The van der Waals surface area contributed by atoms with E-state index in [4.69, 9.17) is 0 Å². The fourth-order valence-electron chi connectivity index (χ4n) is 3.03. The molecule has 0 heterocycles. The van der Waals surface area contributed by atoms with E-state index in [9.17, 15) is 0 Å². The Balaban J connectivity index is 2.64. The third kappa shape index (κ3) is 1.45. The summed E-state index contributed by atoms with van der Waals surface area (Å²) in [6.07, 6.45) is 0. The minimum Gasteiger partial charge on any atom is -0.0616 e. The van der Waals surface area contributed by atoms with Crippen molar-refractivity contribution in [2.45, 2.75) is 27.7 Å². The van der Waals surface area contributed by atoms with Gasteiger partial charge in [-0.15, -0.1) is 0 Å². The molecule has 0 atom stereocenters. The Labute approximate surface area is 108 Å². The maximum atomic E-state index is 2.33. The summed E-state index contributed by atoms with van der Waals surface area (Å²) in [4.78, 5) is 0. The van der Waals surface area contributed by atoms with Gasteiger partial charge in [-0.25, -0.2) is 0 Å². The van der Waals surface area contributed by atoms with Crippen LogP contribution < -0.4 is 0 Å². The number of benzene rings is 3. The molecule has 0 N–H and O–H groups in total. The van der Waals surface area contributed by atoms with E-state index in [1.54, 1.807) is 0 Å². The SMILES string of the molecule is Cc1cc(C)c2cc3ccccc3c(C)c2c1C. The highest BCUT2D eigenvalue weighted by molar-refractivity contribution is 6.04. The molecular weight excluding hydrogens is 216 g/mol. The molecule has 0 radical (unpaired) electrons. The topological polar surface area (TPSA) is 0 Å². The standard InChI is InChI=1S/C18H18/c1-11-9-12(2)17-10-15-7-5-6-8-16(15)14(4)18(17)13(11)3/h5-10H,1-4H3. The molecule has 90 valence electrons. The third-order valence-corrected chi connectivity index (χ3v) is 4.13. The van der Waals surface area contributed by atoms with Crippen LogP contribution in [0.4, 0.5) is 0 Å². The lowest BCUT2D eigenvalue weighted by Gasteiger charge is -2.14. The van der Waals surface area contributed by atoms with Gasteiger partial charge in [-0.2, -0.15) is 0 Å². The van der Waals surface area contributed by atoms with Crippen LogP contribution in [0, 0.1) is 27.7 Å². The van der Waals surface area contributed by atoms with Crippen LogP contribution in [-0.2, 0) is 0 Å². The van der Waals surface area contributed by atoms with Gasteiger partial charge in [0.1, 0.15) is 0 Å². The summed E-state index contributed by atoms with van der Waals surface area (Å²) in [5.74, 6) is 0. The molecule has 3 rings (SSSR count). The predicted molar refractivity (Wildman–Crippen MR) is 80.4 cm³/mol. The van der Waals surface area contributed by atoms with Crippen LogP contribution in [0.1, 0.15) is 22.3 Å². The lowest BCUT2D eigenvalue weighted by Crippen LogP contribution is -1.92. The molecule has 0 fully saturated rings. The second-order valence-electron chi connectivity index (χ2n) is 5.28. The van der Waals surface area contributed by atoms with Gasteiger partial charge in [0.15, 0.2) is 0 Å². The molecule has 0 aromatic heterocycles. The van der Waals surface area contributed by atoms with E-state index in [0.29, 0.717) is 0 Å². The first-order chi connectivity index (χ1) is 8.59. The predicted octanol–water partition coefficient (Wildman–Crippen LogP) is 5.23. The molecule has 0 nitrogen and oxygen atoms in total. The summed E-state index contributed by atoms with van der Waals surface area (Å²) >= 11 is 0. The third-order valence-electron chi connectivity index (χ3n) is 4.13. The van der Waals surface area contributed by atoms with Crippen molar-refractivity contribution in [1.29, 1.82) is 0 Å². The van der Waals surface area contributed by atoms with Gasteiger partial charge in [0.05, 0.1) is 0 Å². The molecule has 0 aliphatic carbocycles. The van der Waals surface area contributed by atoms with E-state index >= 15 is 0 Å². The quantitative estimate of drug-likeness (QED) is 0.467. The van der Waals surface area contributed by atoms with E-state index in [0.717, 1.165) is 0 Å². The lowest BCUT2D eigenvalue weighted by atomic mass is 9.90. The van der Waals surface area contributed by atoms with Gasteiger partial charge in [0.25, 0.3) is 0 Å². The van der Waals surface area contributed by atoms with Crippen molar-refractivity contribution in [2.24, 2.45) is 0 Å². The molecule has 3 aromatic carbocycles. The number of rotatable bonds is 0. The Kier molecular flexibility index (Phi) is 2.41. The molecule has 18 heavy (non-hydrogen) atoms. The monoisotopic (exact) mass is 234 g/mol. The summed E-state index contributed by atoms with van der Waals surface area (Å²) in [6.45, 7) is 8.90. The molecule has 0 aliphatic heterocycles. The Morgan fingerprint density at radius 1 is 0.667 bits per heavy atom. The first kappa shape index (κ1) is 11.3. The van der Waals surface area contributed by atoms with Crippen LogP contribution in [0.5, 0.6) is 0 Å². The Hall–Kier alpha value is -1.82.